The Morgan fingerprint density at radius 3 is 2.39 bits per heavy atom. The molecule has 6 heteroatoms. The molecule has 0 aliphatic rings. The number of urea groups is 1. The van der Waals surface area contributed by atoms with Gasteiger partial charge in [0.25, 0.3) is 5.91 Å². The molecule has 98 valence electrons. The van der Waals surface area contributed by atoms with Crippen LogP contribution in [0.2, 0.25) is 0 Å². The van der Waals surface area contributed by atoms with Crippen LogP contribution >= 0.6 is 0 Å². The maximum absolute atomic E-state index is 11.6. The molecule has 0 aliphatic heterocycles. The molecule has 3 amide bonds. The SMILES string of the molecule is NC(=O)NCc1ccc(C(=O)NCCCO)cc1. The first-order valence-corrected chi connectivity index (χ1v) is 5.65. The third kappa shape index (κ3) is 4.84. The average Bonchev–Trinajstić information content (AvgIpc) is 2.37. The number of rotatable bonds is 6. The summed E-state index contributed by atoms with van der Waals surface area (Å²) >= 11 is 0. The fraction of sp³-hybridized carbons (Fsp3) is 0.333. The molecule has 0 atom stereocenters. The first kappa shape index (κ1) is 14.0. The van der Waals surface area contributed by atoms with Gasteiger partial charge in [-0.2, -0.15) is 0 Å². The van der Waals surface area contributed by atoms with Crippen molar-refractivity contribution in [3.8, 4) is 0 Å². The lowest BCUT2D eigenvalue weighted by Crippen LogP contribution is -2.28. The molecule has 0 fully saturated rings. The number of aliphatic hydroxyl groups is 1. The molecule has 0 saturated heterocycles. The lowest BCUT2D eigenvalue weighted by molar-refractivity contribution is 0.0951. The Morgan fingerprint density at radius 2 is 1.83 bits per heavy atom. The molecular formula is C12H17N3O3. The zero-order valence-electron chi connectivity index (χ0n) is 9.98. The molecule has 1 aromatic rings. The molecular weight excluding hydrogens is 234 g/mol. The molecule has 1 aromatic carbocycles. The van der Waals surface area contributed by atoms with Crippen LogP contribution in [0.3, 0.4) is 0 Å². The van der Waals surface area contributed by atoms with Crippen molar-refractivity contribution < 1.29 is 14.7 Å². The molecule has 0 saturated carbocycles. The second kappa shape index (κ2) is 7.29. The van der Waals surface area contributed by atoms with Gasteiger partial charge in [-0.05, 0) is 24.1 Å². The normalized spacial score (nSPS) is 9.83. The number of nitrogens with two attached hydrogens (primary N) is 1. The zero-order valence-corrected chi connectivity index (χ0v) is 9.98. The molecule has 18 heavy (non-hydrogen) atoms. The largest absolute Gasteiger partial charge is 0.396 e. The summed E-state index contributed by atoms with van der Waals surface area (Å²) in [5.74, 6) is -0.183. The van der Waals surface area contributed by atoms with Crippen molar-refractivity contribution in [1.82, 2.24) is 10.6 Å². The summed E-state index contributed by atoms with van der Waals surface area (Å²) < 4.78 is 0. The van der Waals surface area contributed by atoms with E-state index in [4.69, 9.17) is 10.8 Å². The first-order valence-electron chi connectivity index (χ1n) is 5.65. The van der Waals surface area contributed by atoms with Crippen LogP contribution in [0.5, 0.6) is 0 Å². The van der Waals surface area contributed by atoms with E-state index in [0.29, 0.717) is 25.1 Å². The Balaban J connectivity index is 2.48. The summed E-state index contributed by atoms with van der Waals surface area (Å²) in [5, 5.41) is 13.7. The standard InChI is InChI=1S/C12H17N3O3/c13-12(18)15-8-9-2-4-10(5-3-9)11(17)14-6-1-7-16/h2-5,16H,1,6-8H2,(H,14,17)(H3,13,15,18). The van der Waals surface area contributed by atoms with Gasteiger partial charge in [-0.15, -0.1) is 0 Å². The topological polar surface area (TPSA) is 104 Å². The van der Waals surface area contributed by atoms with Crippen molar-refractivity contribution in [1.29, 1.82) is 0 Å². The van der Waals surface area contributed by atoms with E-state index in [0.717, 1.165) is 5.56 Å². The molecule has 0 unspecified atom stereocenters. The summed E-state index contributed by atoms with van der Waals surface area (Å²) in [6.45, 7) is 0.833. The molecule has 5 N–H and O–H groups in total. The van der Waals surface area contributed by atoms with Crippen LogP contribution < -0.4 is 16.4 Å². The molecule has 0 spiro atoms. The Labute approximate surface area is 105 Å². The van der Waals surface area contributed by atoms with Crippen molar-refractivity contribution in [2.45, 2.75) is 13.0 Å². The summed E-state index contributed by atoms with van der Waals surface area (Å²) in [6.07, 6.45) is 0.534. The minimum atomic E-state index is -0.583. The minimum Gasteiger partial charge on any atom is -0.396 e. The summed E-state index contributed by atoms with van der Waals surface area (Å²) in [6, 6.07) is 6.26. The van der Waals surface area contributed by atoms with Gasteiger partial charge >= 0.3 is 6.03 Å². The van der Waals surface area contributed by atoms with Gasteiger partial charge in [-0.1, -0.05) is 12.1 Å². The predicted octanol–water partition coefficient (Wildman–Crippen LogP) is -0.0329. The van der Waals surface area contributed by atoms with E-state index >= 15 is 0 Å². The third-order valence-electron chi connectivity index (χ3n) is 2.30. The van der Waals surface area contributed by atoms with Crippen molar-refractivity contribution in [3.05, 3.63) is 35.4 Å². The van der Waals surface area contributed by atoms with Crippen molar-refractivity contribution in [3.63, 3.8) is 0 Å². The Morgan fingerprint density at radius 1 is 1.17 bits per heavy atom. The van der Waals surface area contributed by atoms with Gasteiger partial charge in [0.2, 0.25) is 0 Å². The number of hydrogen-bond acceptors (Lipinski definition) is 3. The van der Waals surface area contributed by atoms with E-state index in [1.54, 1.807) is 24.3 Å². The molecule has 0 aliphatic carbocycles. The van der Waals surface area contributed by atoms with Crippen LogP contribution in [0.15, 0.2) is 24.3 Å². The lowest BCUT2D eigenvalue weighted by atomic mass is 10.1. The molecule has 0 aromatic heterocycles. The van der Waals surface area contributed by atoms with E-state index in [2.05, 4.69) is 10.6 Å². The van der Waals surface area contributed by atoms with Crippen LogP contribution in [0, 0.1) is 0 Å². The highest BCUT2D eigenvalue weighted by atomic mass is 16.3. The molecule has 1 rings (SSSR count). The number of primary amides is 1. The van der Waals surface area contributed by atoms with E-state index in [9.17, 15) is 9.59 Å². The predicted molar refractivity (Wildman–Crippen MR) is 66.9 cm³/mol. The number of amides is 3. The van der Waals surface area contributed by atoms with Crippen molar-refractivity contribution >= 4 is 11.9 Å². The number of carbonyl (C=O) groups excluding carboxylic acids is 2. The van der Waals surface area contributed by atoms with Crippen LogP contribution in [0.25, 0.3) is 0 Å². The van der Waals surface area contributed by atoms with Crippen LogP contribution in [-0.4, -0.2) is 30.2 Å². The average molecular weight is 251 g/mol. The quantitative estimate of drug-likeness (QED) is 0.533. The van der Waals surface area contributed by atoms with E-state index in [-0.39, 0.29) is 12.5 Å². The highest BCUT2D eigenvalue weighted by Gasteiger charge is 2.04. The van der Waals surface area contributed by atoms with Gasteiger partial charge in [0.1, 0.15) is 0 Å². The van der Waals surface area contributed by atoms with Crippen LogP contribution in [0.4, 0.5) is 4.79 Å². The van der Waals surface area contributed by atoms with Gasteiger partial charge in [0.15, 0.2) is 0 Å². The Kier molecular flexibility index (Phi) is 5.66. The van der Waals surface area contributed by atoms with Crippen molar-refractivity contribution in [2.75, 3.05) is 13.2 Å². The van der Waals surface area contributed by atoms with Gasteiger partial charge in [-0.3, -0.25) is 4.79 Å². The second-order valence-electron chi connectivity index (χ2n) is 3.75. The molecule has 0 radical (unpaired) electrons. The number of benzene rings is 1. The van der Waals surface area contributed by atoms with Crippen molar-refractivity contribution in [2.24, 2.45) is 5.73 Å². The fourth-order valence-electron chi connectivity index (χ4n) is 1.35. The number of aliphatic hydroxyl groups excluding tert-OH is 1. The van der Waals surface area contributed by atoms with E-state index in [1.165, 1.54) is 0 Å². The van der Waals surface area contributed by atoms with Gasteiger partial charge < -0.3 is 21.5 Å². The fourth-order valence-corrected chi connectivity index (χ4v) is 1.35. The number of hydrogen-bond donors (Lipinski definition) is 4. The summed E-state index contributed by atoms with van der Waals surface area (Å²) in [4.78, 5) is 22.1. The Hall–Kier alpha value is -2.08. The van der Waals surface area contributed by atoms with Gasteiger partial charge in [0, 0.05) is 25.3 Å². The molecule has 0 bridgehead atoms. The highest BCUT2D eigenvalue weighted by molar-refractivity contribution is 5.94. The van der Waals surface area contributed by atoms with Gasteiger partial charge in [-0.25, -0.2) is 4.79 Å². The zero-order chi connectivity index (χ0) is 13.4. The molecule has 0 heterocycles. The maximum Gasteiger partial charge on any atom is 0.312 e. The van der Waals surface area contributed by atoms with Crippen LogP contribution in [0.1, 0.15) is 22.3 Å². The van der Waals surface area contributed by atoms with E-state index < -0.39 is 6.03 Å². The Bertz CT molecular complexity index is 404. The second-order valence-corrected chi connectivity index (χ2v) is 3.75. The minimum absolute atomic E-state index is 0.0536. The summed E-state index contributed by atoms with van der Waals surface area (Å²) in [7, 11) is 0. The first-order chi connectivity index (χ1) is 8.63. The monoisotopic (exact) mass is 251 g/mol. The number of carbonyl (C=O) groups is 2. The third-order valence-corrected chi connectivity index (χ3v) is 2.30. The molecule has 6 nitrogen and oxygen atoms in total. The van der Waals surface area contributed by atoms with Crippen LogP contribution in [-0.2, 0) is 6.54 Å². The summed E-state index contributed by atoms with van der Waals surface area (Å²) in [5.41, 5.74) is 6.35. The lowest BCUT2D eigenvalue weighted by Gasteiger charge is -2.06. The van der Waals surface area contributed by atoms with E-state index in [1.807, 2.05) is 0 Å². The maximum atomic E-state index is 11.6. The number of nitrogens with one attached hydrogen (secondary N) is 2. The van der Waals surface area contributed by atoms with Gasteiger partial charge in [0.05, 0.1) is 0 Å². The smallest absolute Gasteiger partial charge is 0.312 e. The highest BCUT2D eigenvalue weighted by Crippen LogP contribution is 2.04.